The van der Waals surface area contributed by atoms with Crippen LogP contribution in [-0.2, 0) is 16.4 Å². The van der Waals surface area contributed by atoms with Gasteiger partial charge in [0.05, 0.1) is 15.9 Å². The van der Waals surface area contributed by atoms with E-state index in [1.165, 1.54) is 22.8 Å². The molecular formula is C20H23N3O3S. The zero-order valence-electron chi connectivity index (χ0n) is 15.5. The predicted octanol–water partition coefficient (Wildman–Crippen LogP) is 2.87. The van der Waals surface area contributed by atoms with Crippen molar-refractivity contribution in [3.8, 4) is 0 Å². The number of sulfonamides is 1. The van der Waals surface area contributed by atoms with Gasteiger partial charge in [-0.15, -0.1) is 0 Å². The third-order valence-electron chi connectivity index (χ3n) is 5.38. The summed E-state index contributed by atoms with van der Waals surface area (Å²) in [7, 11) is -3.62. The Kier molecular flexibility index (Phi) is 4.44. The van der Waals surface area contributed by atoms with Crippen LogP contribution >= 0.6 is 0 Å². The molecule has 2 N–H and O–H groups in total. The molecule has 0 amide bonds. The molecule has 2 aromatic carbocycles. The molecule has 6 nitrogen and oxygen atoms in total. The Morgan fingerprint density at radius 1 is 1.07 bits per heavy atom. The molecule has 7 heteroatoms. The highest BCUT2D eigenvalue weighted by Crippen LogP contribution is 2.30. The number of aromatic nitrogens is 2. The number of aromatic amines is 2. The standard InChI is InChI=1S/C20H23N3O3S/c1-13-5-6-14(2)15(10-13)11-16-4-3-9-23(16)27(25,26)17-7-8-18-19(12-17)22-20(24)21-18/h5-8,10,12,16H,3-4,9,11H2,1-2H3,(H2,21,22,24). The average molecular weight is 385 g/mol. The van der Waals surface area contributed by atoms with Gasteiger partial charge in [-0.2, -0.15) is 4.31 Å². The van der Waals surface area contributed by atoms with Gasteiger partial charge in [-0.25, -0.2) is 13.2 Å². The molecule has 1 unspecified atom stereocenters. The molecule has 0 saturated carbocycles. The van der Waals surface area contributed by atoms with Crippen molar-refractivity contribution >= 4 is 21.1 Å². The molecule has 142 valence electrons. The first kappa shape index (κ1) is 18.0. The van der Waals surface area contributed by atoms with E-state index in [0.717, 1.165) is 19.3 Å². The summed E-state index contributed by atoms with van der Waals surface area (Å²) in [6, 6.07) is 11.0. The Labute approximate surface area is 158 Å². The number of hydrogen-bond donors (Lipinski definition) is 2. The van der Waals surface area contributed by atoms with Crippen LogP contribution in [0.4, 0.5) is 0 Å². The summed E-state index contributed by atoms with van der Waals surface area (Å²) in [5.41, 5.74) is 4.35. The first-order valence-electron chi connectivity index (χ1n) is 9.14. The summed E-state index contributed by atoms with van der Waals surface area (Å²) in [5, 5.41) is 0. The van der Waals surface area contributed by atoms with E-state index in [1.54, 1.807) is 16.4 Å². The van der Waals surface area contributed by atoms with Gasteiger partial charge >= 0.3 is 5.69 Å². The lowest BCUT2D eigenvalue weighted by molar-refractivity contribution is 0.385. The number of hydrogen-bond acceptors (Lipinski definition) is 3. The van der Waals surface area contributed by atoms with E-state index in [4.69, 9.17) is 0 Å². The molecule has 1 aliphatic rings. The van der Waals surface area contributed by atoms with Crippen molar-refractivity contribution in [2.45, 2.75) is 44.0 Å². The van der Waals surface area contributed by atoms with Gasteiger partial charge in [-0.3, -0.25) is 0 Å². The second-order valence-electron chi connectivity index (χ2n) is 7.33. The number of H-pyrrole nitrogens is 2. The average Bonchev–Trinajstić information content (AvgIpc) is 3.23. The number of nitrogens with zero attached hydrogens (tertiary/aromatic N) is 1. The van der Waals surface area contributed by atoms with Crippen molar-refractivity contribution in [1.29, 1.82) is 0 Å². The molecule has 1 aromatic heterocycles. The minimum atomic E-state index is -3.62. The van der Waals surface area contributed by atoms with Crippen LogP contribution in [0.25, 0.3) is 11.0 Å². The molecule has 0 spiro atoms. The molecule has 27 heavy (non-hydrogen) atoms. The molecule has 1 atom stereocenters. The van der Waals surface area contributed by atoms with Crippen LogP contribution in [0.5, 0.6) is 0 Å². The zero-order valence-corrected chi connectivity index (χ0v) is 16.3. The fraction of sp³-hybridized carbons (Fsp3) is 0.350. The highest BCUT2D eigenvalue weighted by atomic mass is 32.2. The largest absolute Gasteiger partial charge is 0.323 e. The second-order valence-corrected chi connectivity index (χ2v) is 9.22. The third-order valence-corrected chi connectivity index (χ3v) is 7.33. The van der Waals surface area contributed by atoms with Gasteiger partial charge in [0, 0.05) is 12.6 Å². The summed E-state index contributed by atoms with van der Waals surface area (Å²) >= 11 is 0. The van der Waals surface area contributed by atoms with Crippen LogP contribution in [0.3, 0.4) is 0 Å². The molecule has 1 fully saturated rings. The van der Waals surface area contributed by atoms with Gasteiger partial charge in [0.1, 0.15) is 0 Å². The van der Waals surface area contributed by atoms with E-state index < -0.39 is 10.0 Å². The van der Waals surface area contributed by atoms with Crippen LogP contribution in [0.1, 0.15) is 29.5 Å². The minimum absolute atomic E-state index is 0.0449. The lowest BCUT2D eigenvalue weighted by Gasteiger charge is -2.25. The molecule has 0 bridgehead atoms. The Morgan fingerprint density at radius 3 is 2.67 bits per heavy atom. The number of imidazole rings is 1. The number of benzene rings is 2. The number of fused-ring (bicyclic) bond motifs is 1. The minimum Gasteiger partial charge on any atom is -0.306 e. The summed E-state index contributed by atoms with van der Waals surface area (Å²) in [4.78, 5) is 16.9. The lowest BCUT2D eigenvalue weighted by Crippen LogP contribution is -2.36. The topological polar surface area (TPSA) is 86.0 Å². The quantitative estimate of drug-likeness (QED) is 0.724. The number of nitrogens with one attached hydrogen (secondary N) is 2. The maximum Gasteiger partial charge on any atom is 0.323 e. The van der Waals surface area contributed by atoms with E-state index in [0.29, 0.717) is 17.6 Å². The highest BCUT2D eigenvalue weighted by Gasteiger charge is 2.35. The molecule has 0 radical (unpaired) electrons. The van der Waals surface area contributed by atoms with Crippen LogP contribution in [0.2, 0.25) is 0 Å². The van der Waals surface area contributed by atoms with E-state index in [2.05, 4.69) is 42.0 Å². The maximum atomic E-state index is 13.3. The fourth-order valence-corrected chi connectivity index (χ4v) is 5.63. The molecule has 3 aromatic rings. The third kappa shape index (κ3) is 3.33. The van der Waals surface area contributed by atoms with E-state index in [9.17, 15) is 13.2 Å². The van der Waals surface area contributed by atoms with Crippen LogP contribution in [0, 0.1) is 13.8 Å². The fourth-order valence-electron chi connectivity index (χ4n) is 3.91. The molecule has 1 aliphatic heterocycles. The second kappa shape index (κ2) is 6.65. The van der Waals surface area contributed by atoms with Crippen LogP contribution in [0.15, 0.2) is 46.1 Å². The van der Waals surface area contributed by atoms with Gasteiger partial charge in [-0.05, 0) is 62.4 Å². The molecular weight excluding hydrogens is 362 g/mol. The first-order valence-corrected chi connectivity index (χ1v) is 10.6. The molecule has 1 saturated heterocycles. The predicted molar refractivity (Wildman–Crippen MR) is 105 cm³/mol. The van der Waals surface area contributed by atoms with Gasteiger partial charge in [0.2, 0.25) is 10.0 Å². The Morgan fingerprint density at radius 2 is 1.85 bits per heavy atom. The highest BCUT2D eigenvalue weighted by molar-refractivity contribution is 7.89. The normalized spacial score (nSPS) is 18.4. The Balaban J connectivity index is 1.66. The van der Waals surface area contributed by atoms with Crippen LogP contribution in [-0.4, -0.2) is 35.3 Å². The lowest BCUT2D eigenvalue weighted by atomic mass is 9.98. The smallest absolute Gasteiger partial charge is 0.306 e. The monoisotopic (exact) mass is 385 g/mol. The van der Waals surface area contributed by atoms with Crippen molar-refractivity contribution in [2.24, 2.45) is 0 Å². The van der Waals surface area contributed by atoms with Crippen molar-refractivity contribution in [1.82, 2.24) is 14.3 Å². The van der Waals surface area contributed by atoms with E-state index in [1.807, 2.05) is 0 Å². The maximum absolute atomic E-state index is 13.3. The van der Waals surface area contributed by atoms with E-state index >= 15 is 0 Å². The first-order chi connectivity index (χ1) is 12.8. The van der Waals surface area contributed by atoms with Crippen molar-refractivity contribution < 1.29 is 8.42 Å². The SMILES string of the molecule is Cc1ccc(C)c(CC2CCCN2S(=O)(=O)c2ccc3[nH]c(=O)[nH]c3c2)c1. The van der Waals surface area contributed by atoms with Crippen molar-refractivity contribution in [3.05, 3.63) is 63.6 Å². The summed E-state index contributed by atoms with van der Waals surface area (Å²) in [5.74, 6) is 0. The molecule has 4 rings (SSSR count). The number of rotatable bonds is 4. The van der Waals surface area contributed by atoms with Gasteiger partial charge in [0.15, 0.2) is 0 Å². The van der Waals surface area contributed by atoms with Gasteiger partial charge in [0.25, 0.3) is 0 Å². The zero-order chi connectivity index (χ0) is 19.2. The molecule has 2 heterocycles. The Bertz CT molecular complexity index is 1160. The van der Waals surface area contributed by atoms with Crippen molar-refractivity contribution in [3.63, 3.8) is 0 Å². The number of aryl methyl sites for hydroxylation is 2. The van der Waals surface area contributed by atoms with E-state index in [-0.39, 0.29) is 16.6 Å². The summed E-state index contributed by atoms with van der Waals surface area (Å²) in [6.07, 6.45) is 2.43. The van der Waals surface area contributed by atoms with Gasteiger partial charge in [-0.1, -0.05) is 23.8 Å². The molecule has 0 aliphatic carbocycles. The van der Waals surface area contributed by atoms with Crippen molar-refractivity contribution in [2.75, 3.05) is 6.54 Å². The summed E-state index contributed by atoms with van der Waals surface area (Å²) in [6.45, 7) is 4.65. The van der Waals surface area contributed by atoms with Crippen LogP contribution < -0.4 is 5.69 Å². The van der Waals surface area contributed by atoms with Gasteiger partial charge < -0.3 is 9.97 Å². The Hall–Kier alpha value is -2.38. The summed E-state index contributed by atoms with van der Waals surface area (Å²) < 4.78 is 28.1.